The Morgan fingerprint density at radius 3 is 2.66 bits per heavy atom. The summed E-state index contributed by atoms with van der Waals surface area (Å²) in [6, 6.07) is 13.3. The predicted molar refractivity (Wildman–Crippen MR) is 121 cm³/mol. The Morgan fingerprint density at radius 1 is 1.00 bits per heavy atom. The minimum atomic E-state index is -0.414. The van der Waals surface area contributed by atoms with Crippen molar-refractivity contribution >= 4 is 27.8 Å². The molecule has 3 aromatic heterocycles. The molecule has 7 nitrogen and oxygen atoms in total. The third-order valence-corrected chi connectivity index (χ3v) is 5.42. The van der Waals surface area contributed by atoms with Gasteiger partial charge in [0.25, 0.3) is 5.56 Å². The maximum Gasteiger partial charge on any atom is 0.263 e. The van der Waals surface area contributed by atoms with Gasteiger partial charge in [-0.2, -0.15) is 0 Å². The SMILES string of the molecule is Cc1cccc2cc([C@H](C)Nc3ncnc4nccnc34)n(-c3cccc(F)c3)c(=O)c12. The minimum absolute atomic E-state index is 0.206. The van der Waals surface area contributed by atoms with Crippen LogP contribution in [0, 0.1) is 12.7 Å². The first-order valence-corrected chi connectivity index (χ1v) is 10.1. The molecule has 0 saturated heterocycles. The van der Waals surface area contributed by atoms with Gasteiger partial charge in [0.15, 0.2) is 11.5 Å². The second-order valence-electron chi connectivity index (χ2n) is 7.55. The topological polar surface area (TPSA) is 85.6 Å². The number of aryl methyl sites for hydroxylation is 1. The highest BCUT2D eigenvalue weighted by Crippen LogP contribution is 2.26. The first kappa shape index (κ1) is 19.7. The lowest BCUT2D eigenvalue weighted by Gasteiger charge is -2.22. The average Bonchev–Trinajstić information content (AvgIpc) is 2.79. The molecule has 0 radical (unpaired) electrons. The maximum absolute atomic E-state index is 14.1. The van der Waals surface area contributed by atoms with Crippen molar-refractivity contribution in [1.29, 1.82) is 0 Å². The van der Waals surface area contributed by atoms with Crippen molar-refractivity contribution in [3.8, 4) is 5.69 Å². The summed E-state index contributed by atoms with van der Waals surface area (Å²) in [5.41, 5.74) is 2.77. The van der Waals surface area contributed by atoms with Crippen LogP contribution in [0.5, 0.6) is 0 Å². The molecule has 0 aliphatic carbocycles. The second-order valence-corrected chi connectivity index (χ2v) is 7.55. The molecule has 0 saturated carbocycles. The van der Waals surface area contributed by atoms with E-state index in [0.717, 1.165) is 10.9 Å². The molecule has 0 aliphatic rings. The first-order valence-electron chi connectivity index (χ1n) is 10.1. The first-order chi connectivity index (χ1) is 15.5. The van der Waals surface area contributed by atoms with Gasteiger partial charge in [-0.1, -0.05) is 24.3 Å². The summed E-state index contributed by atoms with van der Waals surface area (Å²) in [6.07, 6.45) is 4.55. The third-order valence-electron chi connectivity index (χ3n) is 5.42. The summed E-state index contributed by atoms with van der Waals surface area (Å²) in [5.74, 6) is 0.0843. The number of rotatable bonds is 4. The molecule has 2 aromatic carbocycles. The Kier molecular flexibility index (Phi) is 4.82. The number of benzene rings is 2. The molecule has 32 heavy (non-hydrogen) atoms. The van der Waals surface area contributed by atoms with Crippen LogP contribution in [0.15, 0.2) is 72.0 Å². The molecule has 0 fully saturated rings. The number of aromatic nitrogens is 5. The largest absolute Gasteiger partial charge is 0.360 e. The van der Waals surface area contributed by atoms with Crippen LogP contribution in [-0.4, -0.2) is 24.5 Å². The Balaban J connectivity index is 1.72. The summed E-state index contributed by atoms with van der Waals surface area (Å²) in [6.45, 7) is 3.81. The van der Waals surface area contributed by atoms with Crippen molar-refractivity contribution in [3.63, 3.8) is 0 Å². The Hall–Kier alpha value is -4.20. The third kappa shape index (κ3) is 3.35. The summed E-state index contributed by atoms with van der Waals surface area (Å²) in [7, 11) is 0. The van der Waals surface area contributed by atoms with Crippen molar-refractivity contribution in [2.24, 2.45) is 0 Å². The molecule has 0 amide bonds. The van der Waals surface area contributed by atoms with E-state index in [-0.39, 0.29) is 11.6 Å². The number of nitrogens with one attached hydrogen (secondary N) is 1. The molecule has 158 valence electrons. The van der Waals surface area contributed by atoms with Crippen LogP contribution in [0.1, 0.15) is 24.2 Å². The highest BCUT2D eigenvalue weighted by Gasteiger charge is 2.19. The quantitative estimate of drug-likeness (QED) is 0.460. The number of hydrogen-bond donors (Lipinski definition) is 1. The molecule has 5 rings (SSSR count). The zero-order valence-electron chi connectivity index (χ0n) is 17.5. The van der Waals surface area contributed by atoms with Crippen LogP contribution >= 0.6 is 0 Å². The molecule has 0 spiro atoms. The van der Waals surface area contributed by atoms with E-state index in [4.69, 9.17) is 0 Å². The van der Waals surface area contributed by atoms with Crippen LogP contribution in [0.2, 0.25) is 0 Å². The number of fused-ring (bicyclic) bond motifs is 2. The highest BCUT2D eigenvalue weighted by atomic mass is 19.1. The molecule has 5 aromatic rings. The fraction of sp³-hybridized carbons (Fsp3) is 0.125. The van der Waals surface area contributed by atoms with E-state index in [2.05, 4.69) is 25.3 Å². The van der Waals surface area contributed by atoms with Crippen LogP contribution in [0.25, 0.3) is 27.6 Å². The zero-order chi connectivity index (χ0) is 22.2. The summed E-state index contributed by atoms with van der Waals surface area (Å²) in [4.78, 5) is 30.6. The minimum Gasteiger partial charge on any atom is -0.360 e. The number of halogens is 1. The van der Waals surface area contributed by atoms with Gasteiger partial charge in [0, 0.05) is 18.1 Å². The fourth-order valence-electron chi connectivity index (χ4n) is 3.94. The standard InChI is InChI=1S/C24H19FN6O/c1-14-5-3-6-16-11-19(31(24(32)20(14)16)18-8-4-7-17(25)12-18)15(2)30-23-21-22(28-13-29-23)27-10-9-26-21/h3-13,15H,1-2H3,(H,27,28,29,30)/t15-/m0/s1. The number of nitrogens with zero attached hydrogens (tertiary/aromatic N) is 5. The van der Waals surface area contributed by atoms with E-state index in [1.165, 1.54) is 18.5 Å². The monoisotopic (exact) mass is 426 g/mol. The Morgan fingerprint density at radius 2 is 1.81 bits per heavy atom. The fourth-order valence-corrected chi connectivity index (χ4v) is 3.94. The van der Waals surface area contributed by atoms with E-state index < -0.39 is 5.82 Å². The average molecular weight is 426 g/mol. The lowest BCUT2D eigenvalue weighted by atomic mass is 10.0. The normalized spacial score (nSPS) is 12.2. The van der Waals surface area contributed by atoms with Crippen LogP contribution in [-0.2, 0) is 0 Å². The van der Waals surface area contributed by atoms with E-state index in [1.807, 2.05) is 38.1 Å². The summed E-state index contributed by atoms with van der Waals surface area (Å²) < 4.78 is 15.6. The Labute approximate surface area is 182 Å². The molecule has 0 unspecified atom stereocenters. The molecular formula is C24H19FN6O. The van der Waals surface area contributed by atoms with Crippen LogP contribution < -0.4 is 10.9 Å². The molecule has 0 aliphatic heterocycles. The van der Waals surface area contributed by atoms with Crippen molar-refractivity contribution in [3.05, 3.63) is 94.7 Å². The van der Waals surface area contributed by atoms with Gasteiger partial charge < -0.3 is 5.32 Å². The lowest BCUT2D eigenvalue weighted by Crippen LogP contribution is -2.26. The van der Waals surface area contributed by atoms with Gasteiger partial charge in [-0.05, 0) is 49.1 Å². The van der Waals surface area contributed by atoms with E-state index in [0.29, 0.717) is 33.7 Å². The summed E-state index contributed by atoms with van der Waals surface area (Å²) in [5, 5.41) is 4.75. The lowest BCUT2D eigenvalue weighted by molar-refractivity contribution is 0.625. The van der Waals surface area contributed by atoms with Gasteiger partial charge in [0.05, 0.1) is 17.1 Å². The van der Waals surface area contributed by atoms with E-state index in [9.17, 15) is 9.18 Å². The smallest absolute Gasteiger partial charge is 0.263 e. The van der Waals surface area contributed by atoms with Gasteiger partial charge in [-0.25, -0.2) is 24.3 Å². The highest BCUT2D eigenvalue weighted by molar-refractivity contribution is 5.86. The van der Waals surface area contributed by atoms with Gasteiger partial charge in [0.2, 0.25) is 0 Å². The van der Waals surface area contributed by atoms with Crippen LogP contribution in [0.4, 0.5) is 10.2 Å². The Bertz CT molecular complexity index is 1530. The maximum atomic E-state index is 14.1. The molecule has 1 N–H and O–H groups in total. The number of hydrogen-bond acceptors (Lipinski definition) is 6. The number of pyridine rings is 1. The van der Waals surface area contributed by atoms with E-state index >= 15 is 0 Å². The molecule has 8 heteroatoms. The molecule has 1 atom stereocenters. The van der Waals surface area contributed by atoms with Crippen LogP contribution in [0.3, 0.4) is 0 Å². The van der Waals surface area contributed by atoms with Crippen molar-refractivity contribution < 1.29 is 4.39 Å². The second kappa shape index (κ2) is 7.81. The van der Waals surface area contributed by atoms with Gasteiger partial charge in [-0.3, -0.25) is 9.36 Å². The molecule has 0 bridgehead atoms. The van der Waals surface area contributed by atoms with Gasteiger partial charge >= 0.3 is 0 Å². The van der Waals surface area contributed by atoms with Gasteiger partial charge in [0.1, 0.15) is 17.7 Å². The van der Waals surface area contributed by atoms with Crippen molar-refractivity contribution in [1.82, 2.24) is 24.5 Å². The molecular weight excluding hydrogens is 407 g/mol. The number of anilines is 1. The molecule has 3 heterocycles. The van der Waals surface area contributed by atoms with E-state index in [1.54, 1.807) is 29.1 Å². The van der Waals surface area contributed by atoms with Crippen molar-refractivity contribution in [2.75, 3.05) is 5.32 Å². The zero-order valence-corrected chi connectivity index (χ0v) is 17.5. The van der Waals surface area contributed by atoms with Crippen molar-refractivity contribution in [2.45, 2.75) is 19.9 Å². The predicted octanol–water partition coefficient (Wildman–Crippen LogP) is 4.34. The summed E-state index contributed by atoms with van der Waals surface area (Å²) >= 11 is 0. The van der Waals surface area contributed by atoms with Gasteiger partial charge in [-0.15, -0.1) is 0 Å².